The Kier molecular flexibility index (Phi) is 2.61. The molecular weight excluding hydrogens is 252 g/mol. The number of aromatic nitrogens is 1. The third-order valence-corrected chi connectivity index (χ3v) is 3.62. The summed E-state index contributed by atoms with van der Waals surface area (Å²) in [5.41, 5.74) is 10.8. The lowest BCUT2D eigenvalue weighted by Crippen LogP contribution is -1.99. The zero-order chi connectivity index (χ0) is 11.2. The van der Waals surface area contributed by atoms with Gasteiger partial charge >= 0.3 is 0 Å². The van der Waals surface area contributed by atoms with Crippen LogP contribution in [-0.4, -0.2) is 4.57 Å². The van der Waals surface area contributed by atoms with Gasteiger partial charge < -0.3 is 10.3 Å². The van der Waals surface area contributed by atoms with Crippen molar-refractivity contribution in [3.8, 4) is 0 Å². The molecule has 0 bridgehead atoms. The number of rotatable bonds is 1. The molecule has 0 aliphatic carbocycles. The van der Waals surface area contributed by atoms with Crippen LogP contribution < -0.4 is 5.73 Å². The molecule has 0 unspecified atom stereocenters. The topological polar surface area (TPSA) is 30.9 Å². The fourth-order valence-electron chi connectivity index (χ4n) is 2.13. The molecule has 3 heteroatoms. The minimum absolute atomic E-state index is 0.596. The Balaban J connectivity index is 2.97. The Morgan fingerprint density at radius 2 is 2.00 bits per heavy atom. The maximum absolute atomic E-state index is 5.80. The van der Waals surface area contributed by atoms with Crippen LogP contribution in [0, 0.1) is 13.8 Å². The summed E-state index contributed by atoms with van der Waals surface area (Å²) in [5.74, 6) is 0. The lowest BCUT2D eigenvalue weighted by molar-refractivity contribution is 0.892. The van der Waals surface area contributed by atoms with E-state index < -0.39 is 0 Å². The number of fused-ring (bicyclic) bond motifs is 1. The molecule has 0 aliphatic heterocycles. The van der Waals surface area contributed by atoms with E-state index in [1.807, 2.05) is 0 Å². The van der Waals surface area contributed by atoms with Crippen LogP contribution in [-0.2, 0) is 13.6 Å². The van der Waals surface area contributed by atoms with Gasteiger partial charge in [0.2, 0.25) is 0 Å². The predicted octanol–water partition coefficient (Wildman–Crippen LogP) is 3.02. The van der Waals surface area contributed by atoms with Gasteiger partial charge in [-0.05, 0) is 53.0 Å². The zero-order valence-electron chi connectivity index (χ0n) is 9.26. The Labute approximate surface area is 98.2 Å². The standard InChI is InChI=1S/C12H15BrN2/c1-7-4-9-10(6-14)8(2)15(3)12(9)11(13)5-7/h4-5H,6,14H2,1-3H3. The normalized spacial score (nSPS) is 11.3. The second-order valence-electron chi connectivity index (χ2n) is 3.97. The van der Waals surface area contributed by atoms with E-state index in [4.69, 9.17) is 5.73 Å². The van der Waals surface area contributed by atoms with Gasteiger partial charge in [-0.25, -0.2) is 0 Å². The molecular formula is C12H15BrN2. The largest absolute Gasteiger partial charge is 0.347 e. The fraction of sp³-hybridized carbons (Fsp3) is 0.333. The van der Waals surface area contributed by atoms with Gasteiger partial charge in [-0.15, -0.1) is 0 Å². The Morgan fingerprint density at radius 3 is 2.60 bits per heavy atom. The molecule has 1 aromatic carbocycles. The molecule has 0 spiro atoms. The molecule has 80 valence electrons. The highest BCUT2D eigenvalue weighted by molar-refractivity contribution is 9.10. The number of nitrogens with two attached hydrogens (primary N) is 1. The van der Waals surface area contributed by atoms with E-state index in [9.17, 15) is 0 Å². The summed E-state index contributed by atoms with van der Waals surface area (Å²) in [6, 6.07) is 4.34. The van der Waals surface area contributed by atoms with Crippen LogP contribution >= 0.6 is 15.9 Å². The van der Waals surface area contributed by atoms with Crippen LogP contribution in [0.2, 0.25) is 0 Å². The van der Waals surface area contributed by atoms with Gasteiger partial charge in [0.1, 0.15) is 0 Å². The molecule has 2 rings (SSSR count). The number of benzene rings is 1. The molecule has 15 heavy (non-hydrogen) atoms. The molecule has 1 heterocycles. The van der Waals surface area contributed by atoms with Crippen LogP contribution in [0.15, 0.2) is 16.6 Å². The van der Waals surface area contributed by atoms with Crippen molar-refractivity contribution < 1.29 is 0 Å². The first-order valence-corrected chi connectivity index (χ1v) is 5.79. The van der Waals surface area contributed by atoms with Gasteiger partial charge in [-0.1, -0.05) is 0 Å². The van der Waals surface area contributed by atoms with Crippen LogP contribution in [0.5, 0.6) is 0 Å². The van der Waals surface area contributed by atoms with Crippen molar-refractivity contribution in [2.75, 3.05) is 0 Å². The van der Waals surface area contributed by atoms with Gasteiger partial charge in [-0.3, -0.25) is 0 Å². The van der Waals surface area contributed by atoms with E-state index in [1.165, 1.54) is 27.7 Å². The smallest absolute Gasteiger partial charge is 0.0627 e. The summed E-state index contributed by atoms with van der Waals surface area (Å²) in [6.07, 6.45) is 0. The quantitative estimate of drug-likeness (QED) is 0.846. The van der Waals surface area contributed by atoms with Crippen molar-refractivity contribution in [2.45, 2.75) is 20.4 Å². The zero-order valence-corrected chi connectivity index (χ0v) is 10.9. The summed E-state index contributed by atoms with van der Waals surface area (Å²) in [6.45, 7) is 4.82. The average molecular weight is 267 g/mol. The lowest BCUT2D eigenvalue weighted by Gasteiger charge is -2.02. The van der Waals surface area contributed by atoms with Crippen molar-refractivity contribution in [1.29, 1.82) is 0 Å². The highest BCUT2D eigenvalue weighted by Crippen LogP contribution is 2.31. The molecule has 0 radical (unpaired) electrons. The van der Waals surface area contributed by atoms with Gasteiger partial charge in [0, 0.05) is 29.1 Å². The van der Waals surface area contributed by atoms with E-state index in [-0.39, 0.29) is 0 Å². The van der Waals surface area contributed by atoms with Gasteiger partial charge in [0.15, 0.2) is 0 Å². The number of halogens is 1. The van der Waals surface area contributed by atoms with Gasteiger partial charge in [0.05, 0.1) is 5.52 Å². The summed E-state index contributed by atoms with van der Waals surface area (Å²) < 4.78 is 3.34. The maximum Gasteiger partial charge on any atom is 0.0627 e. The fourth-order valence-corrected chi connectivity index (χ4v) is 2.97. The summed E-state index contributed by atoms with van der Waals surface area (Å²) in [5, 5.41) is 1.27. The van der Waals surface area contributed by atoms with Crippen molar-refractivity contribution in [3.05, 3.63) is 33.4 Å². The van der Waals surface area contributed by atoms with Crippen LogP contribution in [0.4, 0.5) is 0 Å². The maximum atomic E-state index is 5.80. The van der Waals surface area contributed by atoms with Crippen LogP contribution in [0.3, 0.4) is 0 Å². The molecule has 0 aliphatic rings. The third kappa shape index (κ3) is 1.50. The average Bonchev–Trinajstić information content (AvgIpc) is 2.39. The SMILES string of the molecule is Cc1cc(Br)c2c(c1)c(CN)c(C)n2C. The summed E-state index contributed by atoms with van der Waals surface area (Å²) in [7, 11) is 2.08. The Bertz CT molecular complexity index is 526. The number of aryl methyl sites for hydroxylation is 2. The number of hydrogen-bond donors (Lipinski definition) is 1. The summed E-state index contributed by atoms with van der Waals surface area (Å²) >= 11 is 3.61. The van der Waals surface area contributed by atoms with Gasteiger partial charge in [-0.2, -0.15) is 0 Å². The van der Waals surface area contributed by atoms with Crippen molar-refractivity contribution in [2.24, 2.45) is 12.8 Å². The van der Waals surface area contributed by atoms with Crippen LogP contribution in [0.1, 0.15) is 16.8 Å². The minimum atomic E-state index is 0.596. The molecule has 0 fully saturated rings. The third-order valence-electron chi connectivity index (χ3n) is 3.01. The Morgan fingerprint density at radius 1 is 1.33 bits per heavy atom. The molecule has 0 saturated carbocycles. The first kappa shape index (κ1) is 10.7. The summed E-state index contributed by atoms with van der Waals surface area (Å²) in [4.78, 5) is 0. The van der Waals surface area contributed by atoms with E-state index in [0.717, 1.165) is 4.47 Å². The molecule has 2 N–H and O–H groups in total. The Hall–Kier alpha value is -0.800. The van der Waals surface area contributed by atoms with Crippen molar-refractivity contribution in [3.63, 3.8) is 0 Å². The second kappa shape index (κ2) is 3.65. The molecule has 0 saturated heterocycles. The highest BCUT2D eigenvalue weighted by atomic mass is 79.9. The first-order valence-electron chi connectivity index (χ1n) is 5.00. The highest BCUT2D eigenvalue weighted by Gasteiger charge is 2.13. The van der Waals surface area contributed by atoms with Crippen molar-refractivity contribution >= 4 is 26.8 Å². The van der Waals surface area contributed by atoms with E-state index in [0.29, 0.717) is 6.54 Å². The number of hydrogen-bond acceptors (Lipinski definition) is 1. The van der Waals surface area contributed by atoms with E-state index >= 15 is 0 Å². The molecule has 0 atom stereocenters. The van der Waals surface area contributed by atoms with Crippen LogP contribution in [0.25, 0.3) is 10.9 Å². The molecule has 2 nitrogen and oxygen atoms in total. The van der Waals surface area contributed by atoms with E-state index in [1.54, 1.807) is 0 Å². The first-order chi connectivity index (χ1) is 7.06. The molecule has 2 aromatic rings. The van der Waals surface area contributed by atoms with E-state index in [2.05, 4.69) is 53.5 Å². The second-order valence-corrected chi connectivity index (χ2v) is 4.82. The molecule has 1 aromatic heterocycles. The lowest BCUT2D eigenvalue weighted by atomic mass is 10.1. The minimum Gasteiger partial charge on any atom is -0.347 e. The van der Waals surface area contributed by atoms with Crippen molar-refractivity contribution in [1.82, 2.24) is 4.57 Å². The monoisotopic (exact) mass is 266 g/mol. The van der Waals surface area contributed by atoms with Gasteiger partial charge in [0.25, 0.3) is 0 Å². The molecule has 0 amide bonds. The number of nitrogens with zero attached hydrogens (tertiary/aromatic N) is 1. The predicted molar refractivity (Wildman–Crippen MR) is 68.0 cm³/mol.